The van der Waals surface area contributed by atoms with Crippen molar-refractivity contribution in [3.63, 3.8) is 0 Å². The first kappa shape index (κ1) is 9.28. The highest BCUT2D eigenvalue weighted by atomic mass is 32.1. The van der Waals surface area contributed by atoms with Crippen LogP contribution >= 0.6 is 12.9 Å². The molecule has 0 radical (unpaired) electrons. The zero-order chi connectivity index (χ0) is 8.32. The van der Waals surface area contributed by atoms with Gasteiger partial charge in [-0.15, -0.1) is 0 Å². The van der Waals surface area contributed by atoms with Crippen LogP contribution in [0.25, 0.3) is 0 Å². The monoisotopic (exact) mass is 180 g/mol. The Bertz CT molecular complexity index is 126. The molecule has 4 nitrogen and oxygen atoms in total. The summed E-state index contributed by atoms with van der Waals surface area (Å²) in [4.78, 5) is 4.81. The van der Waals surface area contributed by atoms with Crippen LogP contribution in [0.5, 0.6) is 0 Å². The highest BCUT2D eigenvalue weighted by Crippen LogP contribution is 2.43. The SMILES string of the molecule is OCC(O)CC1(OOS)CC1. The number of hydrogen-bond donors (Lipinski definition) is 3. The van der Waals surface area contributed by atoms with E-state index in [-0.39, 0.29) is 12.2 Å². The average Bonchev–Trinajstić information content (AvgIpc) is 2.70. The Kier molecular flexibility index (Phi) is 3.15. The fourth-order valence-corrected chi connectivity index (χ4v) is 1.19. The van der Waals surface area contributed by atoms with E-state index in [1.54, 1.807) is 0 Å². The van der Waals surface area contributed by atoms with Crippen molar-refractivity contribution in [2.75, 3.05) is 6.61 Å². The Hall–Kier alpha value is 0.190. The van der Waals surface area contributed by atoms with Gasteiger partial charge in [0.1, 0.15) is 5.60 Å². The summed E-state index contributed by atoms with van der Waals surface area (Å²) in [5.41, 5.74) is -0.385. The van der Waals surface area contributed by atoms with Crippen LogP contribution in [-0.2, 0) is 9.22 Å². The lowest BCUT2D eigenvalue weighted by atomic mass is 10.1. The second-order valence-corrected chi connectivity index (χ2v) is 3.03. The second-order valence-electron chi connectivity index (χ2n) is 2.88. The van der Waals surface area contributed by atoms with Gasteiger partial charge in [0.2, 0.25) is 0 Å². The zero-order valence-electron chi connectivity index (χ0n) is 6.06. The summed E-state index contributed by atoms with van der Waals surface area (Å²) in [6.45, 7) is -0.238. The van der Waals surface area contributed by atoms with E-state index in [4.69, 9.17) is 15.1 Å². The molecule has 5 heteroatoms. The van der Waals surface area contributed by atoms with E-state index in [1.165, 1.54) is 0 Å². The van der Waals surface area contributed by atoms with Crippen LogP contribution in [0.4, 0.5) is 0 Å². The van der Waals surface area contributed by atoms with Crippen LogP contribution in [0.1, 0.15) is 19.3 Å². The van der Waals surface area contributed by atoms with E-state index in [9.17, 15) is 0 Å². The third-order valence-corrected chi connectivity index (χ3v) is 1.91. The van der Waals surface area contributed by atoms with Gasteiger partial charge < -0.3 is 10.2 Å². The molecule has 0 aromatic rings. The van der Waals surface area contributed by atoms with Crippen molar-refractivity contribution in [3.8, 4) is 0 Å². The second kappa shape index (κ2) is 3.73. The van der Waals surface area contributed by atoms with Crippen molar-refractivity contribution in [3.05, 3.63) is 0 Å². The molecule has 0 saturated heterocycles. The molecule has 1 rings (SSSR count). The Labute approximate surface area is 70.7 Å². The van der Waals surface area contributed by atoms with E-state index in [0.717, 1.165) is 12.8 Å². The standard InChI is InChI=1S/C6H12O4S/c7-4-5(8)3-6(1-2-6)9-10-11/h5,7-8,11H,1-4H2. The molecule has 0 aromatic carbocycles. The first-order valence-electron chi connectivity index (χ1n) is 3.50. The van der Waals surface area contributed by atoms with Gasteiger partial charge in [0.25, 0.3) is 0 Å². The molecule has 0 amide bonds. The molecule has 2 N–H and O–H groups in total. The van der Waals surface area contributed by atoms with E-state index >= 15 is 0 Å². The molecule has 1 unspecified atom stereocenters. The maximum Gasteiger partial charge on any atom is 0.108 e. The van der Waals surface area contributed by atoms with Gasteiger partial charge in [-0.2, -0.15) is 4.33 Å². The highest BCUT2D eigenvalue weighted by molar-refractivity contribution is 7.74. The fourth-order valence-electron chi connectivity index (χ4n) is 1.03. The van der Waals surface area contributed by atoms with Crippen molar-refractivity contribution in [2.45, 2.75) is 31.0 Å². The largest absolute Gasteiger partial charge is 0.394 e. The highest BCUT2D eigenvalue weighted by Gasteiger charge is 2.47. The van der Waals surface area contributed by atoms with Gasteiger partial charge in [-0.05, 0) is 12.8 Å². The predicted molar refractivity (Wildman–Crippen MR) is 40.8 cm³/mol. The van der Waals surface area contributed by atoms with E-state index in [1.807, 2.05) is 0 Å². The first-order valence-corrected chi connectivity index (χ1v) is 3.87. The molecule has 0 spiro atoms. The minimum Gasteiger partial charge on any atom is -0.394 e. The fraction of sp³-hybridized carbons (Fsp3) is 1.00. The lowest BCUT2D eigenvalue weighted by Gasteiger charge is -2.15. The van der Waals surface area contributed by atoms with Crippen molar-refractivity contribution < 1.29 is 19.4 Å². The molecule has 0 aromatic heterocycles. The Morgan fingerprint density at radius 3 is 2.55 bits per heavy atom. The Balaban J connectivity index is 2.23. The summed E-state index contributed by atoms with van der Waals surface area (Å²) in [7, 11) is 0. The van der Waals surface area contributed by atoms with Crippen molar-refractivity contribution in [1.29, 1.82) is 0 Å². The van der Waals surface area contributed by atoms with Crippen LogP contribution in [0, 0.1) is 0 Å². The van der Waals surface area contributed by atoms with E-state index in [0.29, 0.717) is 6.42 Å². The molecule has 0 bridgehead atoms. The summed E-state index contributed by atoms with van der Waals surface area (Å²) >= 11 is 3.44. The van der Waals surface area contributed by atoms with Crippen molar-refractivity contribution >= 4 is 12.9 Å². The van der Waals surface area contributed by atoms with Gasteiger partial charge in [-0.25, -0.2) is 4.89 Å². The molecule has 0 aliphatic heterocycles. The smallest absolute Gasteiger partial charge is 0.108 e. The van der Waals surface area contributed by atoms with Gasteiger partial charge in [0, 0.05) is 19.3 Å². The van der Waals surface area contributed by atoms with Crippen molar-refractivity contribution in [1.82, 2.24) is 0 Å². The van der Waals surface area contributed by atoms with Gasteiger partial charge in [-0.1, -0.05) is 0 Å². The maximum atomic E-state index is 9.05. The number of thiol groups is 1. The molecule has 1 atom stereocenters. The quantitative estimate of drug-likeness (QED) is 0.242. The van der Waals surface area contributed by atoms with Crippen LogP contribution in [-0.4, -0.2) is 28.5 Å². The lowest BCUT2D eigenvalue weighted by Crippen LogP contribution is -2.24. The zero-order valence-corrected chi connectivity index (χ0v) is 6.96. The first-order chi connectivity index (χ1) is 5.22. The number of hydrogen-bond acceptors (Lipinski definition) is 5. The summed E-state index contributed by atoms with van der Waals surface area (Å²) < 4.78 is 4.22. The average molecular weight is 180 g/mol. The van der Waals surface area contributed by atoms with Gasteiger partial charge >= 0.3 is 0 Å². The summed E-state index contributed by atoms with van der Waals surface area (Å²) in [6, 6.07) is 0. The summed E-state index contributed by atoms with van der Waals surface area (Å²) in [5.74, 6) is 0. The summed E-state index contributed by atoms with van der Waals surface area (Å²) in [6.07, 6.45) is 1.39. The van der Waals surface area contributed by atoms with Gasteiger partial charge in [0.15, 0.2) is 0 Å². The van der Waals surface area contributed by atoms with Crippen molar-refractivity contribution in [2.24, 2.45) is 0 Å². The van der Waals surface area contributed by atoms with E-state index in [2.05, 4.69) is 17.2 Å². The normalized spacial score (nSPS) is 23.2. The Morgan fingerprint density at radius 2 is 2.18 bits per heavy atom. The molecule has 0 heterocycles. The predicted octanol–water partition coefficient (Wildman–Crippen LogP) is 0.0553. The molecule has 66 valence electrons. The lowest BCUT2D eigenvalue weighted by molar-refractivity contribution is -0.249. The van der Waals surface area contributed by atoms with E-state index < -0.39 is 6.10 Å². The van der Waals surface area contributed by atoms with Crippen LogP contribution in [0.2, 0.25) is 0 Å². The number of aliphatic hydroxyl groups excluding tert-OH is 2. The topological polar surface area (TPSA) is 58.9 Å². The molecule has 1 aliphatic rings. The minimum absolute atomic E-state index is 0.238. The van der Waals surface area contributed by atoms with Crippen LogP contribution < -0.4 is 0 Å². The molecule has 1 fully saturated rings. The Morgan fingerprint density at radius 1 is 1.55 bits per heavy atom. The minimum atomic E-state index is -0.721. The molecule has 1 saturated carbocycles. The molecule has 11 heavy (non-hydrogen) atoms. The number of rotatable bonds is 5. The van der Waals surface area contributed by atoms with Gasteiger partial charge in [-0.3, -0.25) is 0 Å². The molecule has 1 aliphatic carbocycles. The van der Waals surface area contributed by atoms with Crippen LogP contribution in [0.3, 0.4) is 0 Å². The molecular weight excluding hydrogens is 168 g/mol. The summed E-state index contributed by atoms with van der Waals surface area (Å²) in [5, 5.41) is 17.6. The third-order valence-electron chi connectivity index (χ3n) is 1.84. The third kappa shape index (κ3) is 2.61. The van der Waals surface area contributed by atoms with Gasteiger partial charge in [0.05, 0.1) is 12.7 Å². The number of aliphatic hydroxyl groups is 2. The van der Waals surface area contributed by atoms with Crippen LogP contribution in [0.15, 0.2) is 0 Å². The maximum absolute atomic E-state index is 9.05. The molecular formula is C6H12O4S.